The first kappa shape index (κ1) is 15.7. The van der Waals surface area contributed by atoms with E-state index in [9.17, 15) is 9.18 Å². The third-order valence-electron chi connectivity index (χ3n) is 3.74. The van der Waals surface area contributed by atoms with Gasteiger partial charge in [0.25, 0.3) is 5.91 Å². The number of halogens is 2. The van der Waals surface area contributed by atoms with Crippen LogP contribution in [0.1, 0.15) is 22.8 Å². The van der Waals surface area contributed by atoms with Crippen molar-refractivity contribution in [3.63, 3.8) is 0 Å². The SMILES string of the molecule is CCN(Cc1cc(Br)ccc1F)C(=O)c1cccc2cn[nH]c12. The molecule has 6 heteroatoms. The van der Waals surface area contributed by atoms with Crippen molar-refractivity contribution in [1.82, 2.24) is 15.1 Å². The van der Waals surface area contributed by atoms with Crippen LogP contribution in [0.5, 0.6) is 0 Å². The lowest BCUT2D eigenvalue weighted by molar-refractivity contribution is 0.0753. The third kappa shape index (κ3) is 3.12. The molecule has 1 heterocycles. The van der Waals surface area contributed by atoms with E-state index in [1.54, 1.807) is 29.3 Å². The molecule has 0 saturated heterocycles. The highest BCUT2D eigenvalue weighted by Crippen LogP contribution is 2.21. The van der Waals surface area contributed by atoms with Gasteiger partial charge in [0.15, 0.2) is 0 Å². The van der Waals surface area contributed by atoms with Crippen molar-refractivity contribution in [3.05, 3.63) is 64.0 Å². The van der Waals surface area contributed by atoms with E-state index < -0.39 is 0 Å². The van der Waals surface area contributed by atoms with E-state index in [4.69, 9.17) is 0 Å². The Morgan fingerprint density at radius 1 is 1.35 bits per heavy atom. The molecule has 0 bridgehead atoms. The van der Waals surface area contributed by atoms with Gasteiger partial charge >= 0.3 is 0 Å². The first-order valence-corrected chi connectivity index (χ1v) is 8.04. The van der Waals surface area contributed by atoms with Crippen molar-refractivity contribution in [2.45, 2.75) is 13.5 Å². The summed E-state index contributed by atoms with van der Waals surface area (Å²) in [5.74, 6) is -0.471. The molecule has 2 aromatic carbocycles. The Morgan fingerprint density at radius 3 is 2.96 bits per heavy atom. The average molecular weight is 376 g/mol. The first-order chi connectivity index (χ1) is 11.1. The fourth-order valence-electron chi connectivity index (χ4n) is 2.51. The lowest BCUT2D eigenvalue weighted by Crippen LogP contribution is -2.30. The van der Waals surface area contributed by atoms with Crippen molar-refractivity contribution >= 4 is 32.7 Å². The molecule has 0 aliphatic heterocycles. The highest BCUT2D eigenvalue weighted by atomic mass is 79.9. The van der Waals surface area contributed by atoms with E-state index in [0.29, 0.717) is 23.2 Å². The van der Waals surface area contributed by atoms with Crippen LogP contribution in [0.25, 0.3) is 10.9 Å². The monoisotopic (exact) mass is 375 g/mol. The maximum atomic E-state index is 14.0. The van der Waals surface area contributed by atoms with Crippen LogP contribution in [-0.4, -0.2) is 27.5 Å². The standard InChI is InChI=1S/C17H15BrFN3O/c1-2-22(10-12-8-13(18)6-7-15(12)19)17(23)14-5-3-4-11-9-20-21-16(11)14/h3-9H,2,10H2,1H3,(H,20,21). The minimum atomic E-state index is -0.320. The number of para-hydroxylation sites is 1. The van der Waals surface area contributed by atoms with Gasteiger partial charge in [-0.3, -0.25) is 9.89 Å². The summed E-state index contributed by atoms with van der Waals surface area (Å²) >= 11 is 3.33. The minimum absolute atomic E-state index is 0.151. The van der Waals surface area contributed by atoms with Crippen molar-refractivity contribution in [1.29, 1.82) is 0 Å². The van der Waals surface area contributed by atoms with Gasteiger partial charge in [-0.05, 0) is 31.2 Å². The third-order valence-corrected chi connectivity index (χ3v) is 4.24. The van der Waals surface area contributed by atoms with E-state index in [1.165, 1.54) is 6.07 Å². The average Bonchev–Trinajstić information content (AvgIpc) is 3.03. The summed E-state index contributed by atoms with van der Waals surface area (Å²) in [4.78, 5) is 14.4. The molecule has 1 aromatic heterocycles. The zero-order chi connectivity index (χ0) is 16.4. The topological polar surface area (TPSA) is 49.0 Å². The molecule has 0 spiro atoms. The zero-order valence-corrected chi connectivity index (χ0v) is 14.1. The largest absolute Gasteiger partial charge is 0.334 e. The van der Waals surface area contributed by atoms with Gasteiger partial charge in [-0.1, -0.05) is 28.1 Å². The molecular weight excluding hydrogens is 361 g/mol. The van der Waals surface area contributed by atoms with Crippen molar-refractivity contribution in [2.24, 2.45) is 0 Å². The highest BCUT2D eigenvalue weighted by molar-refractivity contribution is 9.10. The summed E-state index contributed by atoms with van der Waals surface area (Å²) in [7, 11) is 0. The molecule has 0 unspecified atom stereocenters. The Hall–Kier alpha value is -2.21. The molecule has 4 nitrogen and oxygen atoms in total. The van der Waals surface area contributed by atoms with Crippen LogP contribution in [0.2, 0.25) is 0 Å². The Morgan fingerprint density at radius 2 is 2.17 bits per heavy atom. The number of carbonyl (C=O) groups is 1. The van der Waals surface area contributed by atoms with E-state index in [-0.39, 0.29) is 18.3 Å². The molecule has 0 aliphatic rings. The second-order valence-electron chi connectivity index (χ2n) is 5.19. The summed E-state index contributed by atoms with van der Waals surface area (Å²) < 4.78 is 14.7. The summed E-state index contributed by atoms with van der Waals surface area (Å²) in [5.41, 5.74) is 1.72. The number of hydrogen-bond acceptors (Lipinski definition) is 2. The number of nitrogens with one attached hydrogen (secondary N) is 1. The zero-order valence-electron chi connectivity index (χ0n) is 12.5. The Labute approximate surface area is 141 Å². The van der Waals surface area contributed by atoms with Gasteiger partial charge in [0.1, 0.15) is 5.82 Å². The number of aromatic amines is 1. The van der Waals surface area contributed by atoms with Gasteiger partial charge in [-0.25, -0.2) is 4.39 Å². The second kappa shape index (κ2) is 6.50. The highest BCUT2D eigenvalue weighted by Gasteiger charge is 2.19. The molecule has 1 N–H and O–H groups in total. The molecule has 0 radical (unpaired) electrons. The van der Waals surface area contributed by atoms with Crippen LogP contribution in [0, 0.1) is 5.82 Å². The number of H-pyrrole nitrogens is 1. The lowest BCUT2D eigenvalue weighted by Gasteiger charge is -2.21. The molecule has 23 heavy (non-hydrogen) atoms. The van der Waals surface area contributed by atoms with Crippen LogP contribution in [0.15, 0.2) is 47.1 Å². The van der Waals surface area contributed by atoms with Crippen LogP contribution in [0.4, 0.5) is 4.39 Å². The first-order valence-electron chi connectivity index (χ1n) is 7.25. The quantitative estimate of drug-likeness (QED) is 0.745. The molecule has 0 fully saturated rings. The van der Waals surface area contributed by atoms with E-state index >= 15 is 0 Å². The molecule has 118 valence electrons. The van der Waals surface area contributed by atoms with Crippen molar-refractivity contribution in [2.75, 3.05) is 6.54 Å². The van der Waals surface area contributed by atoms with Gasteiger partial charge in [0.05, 0.1) is 17.3 Å². The fraction of sp³-hybridized carbons (Fsp3) is 0.176. The summed E-state index contributed by atoms with van der Waals surface area (Å²) in [6.45, 7) is 2.57. The van der Waals surface area contributed by atoms with Crippen LogP contribution in [0.3, 0.4) is 0 Å². The van der Waals surface area contributed by atoms with E-state index in [0.717, 1.165) is 9.86 Å². The number of carbonyl (C=O) groups excluding carboxylic acids is 1. The molecule has 0 aliphatic carbocycles. The number of hydrogen-bond donors (Lipinski definition) is 1. The minimum Gasteiger partial charge on any atom is -0.334 e. The molecular formula is C17H15BrFN3O. The number of fused-ring (bicyclic) bond motifs is 1. The maximum absolute atomic E-state index is 14.0. The summed E-state index contributed by atoms with van der Waals surface area (Å²) in [5, 5.41) is 7.71. The maximum Gasteiger partial charge on any atom is 0.256 e. The Bertz CT molecular complexity index is 862. The predicted octanol–water partition coefficient (Wildman–Crippen LogP) is 4.13. The van der Waals surface area contributed by atoms with Crippen LogP contribution < -0.4 is 0 Å². The number of rotatable bonds is 4. The molecule has 0 atom stereocenters. The Balaban J connectivity index is 1.93. The van der Waals surface area contributed by atoms with Crippen LogP contribution in [-0.2, 0) is 6.54 Å². The summed E-state index contributed by atoms with van der Waals surface area (Å²) in [6, 6.07) is 10.2. The smallest absolute Gasteiger partial charge is 0.256 e. The molecule has 3 rings (SSSR count). The van der Waals surface area contributed by atoms with Gasteiger partial charge in [0.2, 0.25) is 0 Å². The lowest BCUT2D eigenvalue weighted by atomic mass is 10.1. The van der Waals surface area contributed by atoms with Gasteiger partial charge < -0.3 is 4.90 Å². The second-order valence-corrected chi connectivity index (χ2v) is 6.11. The van der Waals surface area contributed by atoms with Gasteiger partial charge in [-0.2, -0.15) is 5.10 Å². The number of benzene rings is 2. The number of amides is 1. The molecule has 3 aromatic rings. The van der Waals surface area contributed by atoms with Gasteiger partial charge in [-0.15, -0.1) is 0 Å². The van der Waals surface area contributed by atoms with Crippen molar-refractivity contribution in [3.8, 4) is 0 Å². The van der Waals surface area contributed by atoms with Crippen molar-refractivity contribution < 1.29 is 9.18 Å². The fourth-order valence-corrected chi connectivity index (χ4v) is 2.92. The number of aromatic nitrogens is 2. The predicted molar refractivity (Wildman–Crippen MR) is 90.6 cm³/mol. The van der Waals surface area contributed by atoms with Gasteiger partial charge in [0, 0.05) is 28.5 Å². The number of nitrogens with zero attached hydrogens (tertiary/aromatic N) is 2. The molecule has 0 saturated carbocycles. The van der Waals surface area contributed by atoms with Crippen LogP contribution >= 0.6 is 15.9 Å². The van der Waals surface area contributed by atoms with E-state index in [2.05, 4.69) is 26.1 Å². The van der Waals surface area contributed by atoms with E-state index in [1.807, 2.05) is 19.1 Å². The molecule has 1 amide bonds. The summed E-state index contributed by atoms with van der Waals surface area (Å²) in [6.07, 6.45) is 1.68. The normalized spacial score (nSPS) is 10.9. The Kier molecular flexibility index (Phi) is 4.43.